The maximum absolute atomic E-state index is 5.51. The number of nitrogens with zero attached hydrogens (tertiary/aromatic N) is 3. The van der Waals surface area contributed by atoms with Crippen molar-refractivity contribution in [3.8, 4) is 39.5 Å². The molecule has 0 spiro atoms. The second kappa shape index (κ2) is 12.2. The zero-order valence-corrected chi connectivity index (χ0v) is 31.0. The Bertz CT molecular complexity index is 3530. The van der Waals surface area contributed by atoms with E-state index in [0.29, 0.717) is 5.95 Å². The highest BCUT2D eigenvalue weighted by Crippen LogP contribution is 2.43. The van der Waals surface area contributed by atoms with E-state index >= 15 is 0 Å². The minimum absolute atomic E-state index is 0.655. The molecule has 9 aromatic carbocycles. The molecule has 0 atom stereocenters. The number of benzene rings is 9. The van der Waals surface area contributed by atoms with Crippen LogP contribution in [0.3, 0.4) is 0 Å². The molecule has 3 aromatic heterocycles. The van der Waals surface area contributed by atoms with Crippen molar-refractivity contribution in [2.75, 3.05) is 0 Å². The standard InChI is InChI=1S/C52H31N3S/c1-3-14-37-32(11-1)13-9-18-38(37)34-23-25-35(26-24-34)50-43-17-5-7-21-45(43)53-52(54-50)55-46-30-28-33-12-2-4-15-39(33)49(46)44-20-10-19-40(51(44)55)36-27-29-42-41-16-6-8-22-47(41)56-48(42)31-36/h1-31H. The number of thiophene rings is 1. The highest BCUT2D eigenvalue weighted by Gasteiger charge is 2.22. The van der Waals surface area contributed by atoms with Crippen molar-refractivity contribution in [1.82, 2.24) is 14.5 Å². The van der Waals surface area contributed by atoms with Crippen molar-refractivity contribution in [2.45, 2.75) is 0 Å². The molecule has 4 heteroatoms. The first-order valence-electron chi connectivity index (χ1n) is 19.0. The van der Waals surface area contributed by atoms with E-state index in [1.54, 1.807) is 0 Å². The Kier molecular flexibility index (Phi) is 6.80. The highest BCUT2D eigenvalue weighted by molar-refractivity contribution is 7.25. The van der Waals surface area contributed by atoms with Crippen molar-refractivity contribution < 1.29 is 0 Å². The first-order valence-corrected chi connectivity index (χ1v) is 19.8. The molecule has 3 heterocycles. The smallest absolute Gasteiger partial charge is 0.235 e. The third-order valence-corrected chi connectivity index (χ3v) is 12.6. The van der Waals surface area contributed by atoms with Crippen LogP contribution >= 0.6 is 11.3 Å². The Balaban J connectivity index is 1.12. The molecule has 3 nitrogen and oxygen atoms in total. The summed E-state index contributed by atoms with van der Waals surface area (Å²) in [5.41, 5.74) is 9.79. The van der Waals surface area contributed by atoms with E-state index in [2.05, 4.69) is 193 Å². The minimum Gasteiger partial charge on any atom is -0.277 e. The van der Waals surface area contributed by atoms with E-state index in [1.807, 2.05) is 11.3 Å². The molecular formula is C52H31N3S. The van der Waals surface area contributed by atoms with Crippen molar-refractivity contribution in [3.05, 3.63) is 188 Å². The van der Waals surface area contributed by atoms with Gasteiger partial charge in [-0.15, -0.1) is 11.3 Å². The van der Waals surface area contributed by atoms with E-state index in [9.17, 15) is 0 Å². The second-order valence-corrected chi connectivity index (χ2v) is 15.6. The molecule has 0 radical (unpaired) electrons. The van der Waals surface area contributed by atoms with Gasteiger partial charge in [0.2, 0.25) is 5.95 Å². The predicted octanol–water partition coefficient (Wildman–Crippen LogP) is 14.4. The quantitative estimate of drug-likeness (QED) is 0.181. The molecule has 12 aromatic rings. The van der Waals surface area contributed by atoms with Crippen molar-refractivity contribution in [2.24, 2.45) is 0 Å². The molecular weight excluding hydrogens is 699 g/mol. The SMILES string of the molecule is c1ccc2c(-c3ccc(-c4nc(-n5c6ccc7ccccc7c6c6cccc(-c7ccc8c(c7)sc7ccccc78)c65)nc5ccccc45)cc3)cccc2c1. The largest absolute Gasteiger partial charge is 0.277 e. The fourth-order valence-corrected chi connectivity index (χ4v) is 9.98. The molecule has 0 saturated heterocycles. The zero-order valence-electron chi connectivity index (χ0n) is 30.1. The summed E-state index contributed by atoms with van der Waals surface area (Å²) in [5, 5.41) is 10.9. The lowest BCUT2D eigenvalue weighted by Crippen LogP contribution is -2.04. The number of aromatic nitrogens is 3. The number of fused-ring (bicyclic) bond motifs is 10. The van der Waals surface area contributed by atoms with Gasteiger partial charge < -0.3 is 0 Å². The van der Waals surface area contributed by atoms with Crippen LogP contribution in [0.25, 0.3) is 114 Å². The first-order chi connectivity index (χ1) is 27.8. The van der Waals surface area contributed by atoms with Crippen LogP contribution in [0.1, 0.15) is 0 Å². The molecule has 0 aliphatic rings. The van der Waals surface area contributed by atoms with Gasteiger partial charge in [-0.1, -0.05) is 164 Å². The Morgan fingerprint density at radius 3 is 1.89 bits per heavy atom. The fourth-order valence-electron chi connectivity index (χ4n) is 8.84. The van der Waals surface area contributed by atoms with Crippen LogP contribution in [0.4, 0.5) is 0 Å². The average molecular weight is 730 g/mol. The van der Waals surface area contributed by atoms with Gasteiger partial charge in [0, 0.05) is 47.5 Å². The lowest BCUT2D eigenvalue weighted by molar-refractivity contribution is 1.01. The molecule has 0 unspecified atom stereocenters. The third kappa shape index (κ3) is 4.70. The summed E-state index contributed by atoms with van der Waals surface area (Å²) in [6.45, 7) is 0. The van der Waals surface area contributed by atoms with Gasteiger partial charge in [-0.05, 0) is 62.5 Å². The van der Waals surface area contributed by atoms with Gasteiger partial charge in [0.1, 0.15) is 0 Å². The maximum Gasteiger partial charge on any atom is 0.235 e. The van der Waals surface area contributed by atoms with Gasteiger partial charge in [0.05, 0.1) is 22.2 Å². The molecule has 0 bridgehead atoms. The van der Waals surface area contributed by atoms with Crippen LogP contribution in [0, 0.1) is 0 Å². The maximum atomic E-state index is 5.51. The highest BCUT2D eigenvalue weighted by atomic mass is 32.1. The number of rotatable bonds is 4. The second-order valence-electron chi connectivity index (χ2n) is 14.5. The van der Waals surface area contributed by atoms with Crippen LogP contribution in [0.2, 0.25) is 0 Å². The molecule has 0 saturated carbocycles. The van der Waals surface area contributed by atoms with Gasteiger partial charge in [-0.2, -0.15) is 0 Å². The lowest BCUT2D eigenvalue weighted by Gasteiger charge is -2.14. The summed E-state index contributed by atoms with van der Waals surface area (Å²) >= 11 is 1.85. The molecule has 0 amide bonds. The van der Waals surface area contributed by atoms with Crippen LogP contribution in [0.5, 0.6) is 0 Å². The Hall–Kier alpha value is -7.14. The molecule has 0 aliphatic carbocycles. The van der Waals surface area contributed by atoms with E-state index in [4.69, 9.17) is 9.97 Å². The summed E-state index contributed by atoms with van der Waals surface area (Å²) in [7, 11) is 0. The Morgan fingerprint density at radius 2 is 1.02 bits per heavy atom. The van der Waals surface area contributed by atoms with Crippen molar-refractivity contribution in [1.29, 1.82) is 0 Å². The summed E-state index contributed by atoms with van der Waals surface area (Å²) in [4.78, 5) is 10.9. The molecule has 0 fully saturated rings. The van der Waals surface area contributed by atoms with Gasteiger partial charge >= 0.3 is 0 Å². The van der Waals surface area contributed by atoms with Gasteiger partial charge in [-0.3, -0.25) is 4.57 Å². The topological polar surface area (TPSA) is 30.7 Å². The van der Waals surface area contributed by atoms with Crippen LogP contribution in [-0.4, -0.2) is 14.5 Å². The van der Waals surface area contributed by atoms with E-state index < -0.39 is 0 Å². The van der Waals surface area contributed by atoms with E-state index in [1.165, 1.54) is 69.2 Å². The molecule has 260 valence electrons. The van der Waals surface area contributed by atoms with E-state index in [-0.39, 0.29) is 0 Å². The van der Waals surface area contributed by atoms with Crippen LogP contribution in [-0.2, 0) is 0 Å². The summed E-state index contributed by atoms with van der Waals surface area (Å²) < 4.78 is 4.90. The minimum atomic E-state index is 0.655. The van der Waals surface area contributed by atoms with Crippen LogP contribution in [0.15, 0.2) is 188 Å². The first kappa shape index (κ1) is 31.2. The van der Waals surface area contributed by atoms with Gasteiger partial charge in [-0.25, -0.2) is 9.97 Å². The van der Waals surface area contributed by atoms with E-state index in [0.717, 1.165) is 38.8 Å². The van der Waals surface area contributed by atoms with Crippen molar-refractivity contribution >= 4 is 85.8 Å². The Labute approximate surface area is 326 Å². The number of hydrogen-bond acceptors (Lipinski definition) is 3. The number of para-hydroxylation sites is 2. The average Bonchev–Trinajstić information content (AvgIpc) is 3.82. The molecule has 0 N–H and O–H groups in total. The molecule has 0 aliphatic heterocycles. The van der Waals surface area contributed by atoms with Crippen LogP contribution < -0.4 is 0 Å². The summed E-state index contributed by atoms with van der Waals surface area (Å²) in [6.07, 6.45) is 0. The molecule has 56 heavy (non-hydrogen) atoms. The Morgan fingerprint density at radius 1 is 0.393 bits per heavy atom. The monoisotopic (exact) mass is 729 g/mol. The van der Waals surface area contributed by atoms with Gasteiger partial charge in [0.15, 0.2) is 0 Å². The van der Waals surface area contributed by atoms with Gasteiger partial charge in [0.25, 0.3) is 0 Å². The predicted molar refractivity (Wildman–Crippen MR) is 238 cm³/mol. The third-order valence-electron chi connectivity index (χ3n) is 11.4. The summed E-state index contributed by atoms with van der Waals surface area (Å²) in [6, 6.07) is 67.8. The van der Waals surface area contributed by atoms with Crippen molar-refractivity contribution in [3.63, 3.8) is 0 Å². The lowest BCUT2D eigenvalue weighted by atomic mass is 9.96. The number of hydrogen-bond donors (Lipinski definition) is 0. The molecule has 12 rings (SSSR count). The zero-order chi connectivity index (χ0) is 36.7. The fraction of sp³-hybridized carbons (Fsp3) is 0. The summed E-state index contributed by atoms with van der Waals surface area (Å²) in [5.74, 6) is 0.655. The normalized spacial score (nSPS) is 11.9.